The summed E-state index contributed by atoms with van der Waals surface area (Å²) in [5, 5.41) is 9.00. The first-order valence-electron chi connectivity index (χ1n) is 6.31. The Kier molecular flexibility index (Phi) is 5.94. The average Bonchev–Trinajstić information content (AvgIpc) is 2.25. The van der Waals surface area contributed by atoms with Gasteiger partial charge in [-0.3, -0.25) is 0 Å². The lowest BCUT2D eigenvalue weighted by Crippen LogP contribution is -2.40. The molecule has 1 saturated carbocycles. The molecule has 1 aliphatic rings. The topological polar surface area (TPSA) is 49.3 Å². The van der Waals surface area contributed by atoms with Gasteiger partial charge in [-0.15, -0.1) is 0 Å². The zero-order chi connectivity index (χ0) is 12.1. The fourth-order valence-electron chi connectivity index (χ4n) is 2.61. The molecular formula is C12H25NO2S. The summed E-state index contributed by atoms with van der Waals surface area (Å²) < 4.78 is 15.0. The van der Waals surface area contributed by atoms with Crippen LogP contribution in [-0.4, -0.2) is 27.7 Å². The molecule has 0 aliphatic heterocycles. The molecule has 0 bridgehead atoms. The lowest BCUT2D eigenvalue weighted by atomic mass is 9.77. The van der Waals surface area contributed by atoms with Gasteiger partial charge in [-0.2, -0.15) is 0 Å². The van der Waals surface area contributed by atoms with Crippen LogP contribution in [-0.2, 0) is 11.0 Å². The Morgan fingerprint density at radius 3 is 2.69 bits per heavy atom. The van der Waals surface area contributed by atoms with Crippen LogP contribution in [0.25, 0.3) is 0 Å². The maximum absolute atomic E-state index is 12.1. The molecule has 0 amide bonds. The number of aliphatic hydroxyl groups excluding tert-OH is 1. The van der Waals surface area contributed by atoms with Crippen LogP contribution < -0.4 is 4.72 Å². The summed E-state index contributed by atoms with van der Waals surface area (Å²) in [7, 11) is -0.988. The highest BCUT2D eigenvalue weighted by atomic mass is 32.2. The number of aliphatic hydroxyl groups is 1. The monoisotopic (exact) mass is 247 g/mol. The van der Waals surface area contributed by atoms with Crippen LogP contribution in [0.5, 0.6) is 0 Å². The van der Waals surface area contributed by atoms with Crippen LogP contribution in [0.4, 0.5) is 0 Å². The Hall–Kier alpha value is 0.0700. The first-order chi connectivity index (χ1) is 7.56. The van der Waals surface area contributed by atoms with E-state index < -0.39 is 11.0 Å². The van der Waals surface area contributed by atoms with Crippen molar-refractivity contribution in [2.24, 2.45) is 17.8 Å². The van der Waals surface area contributed by atoms with Crippen LogP contribution >= 0.6 is 0 Å². The van der Waals surface area contributed by atoms with Crippen molar-refractivity contribution in [1.82, 2.24) is 4.72 Å². The molecule has 2 N–H and O–H groups in total. The van der Waals surface area contributed by atoms with E-state index in [1.165, 1.54) is 12.8 Å². The minimum atomic E-state index is -0.988. The number of hydrogen-bond acceptors (Lipinski definition) is 2. The summed E-state index contributed by atoms with van der Waals surface area (Å²) in [5.74, 6) is 1.83. The minimum Gasteiger partial charge on any atom is -0.395 e. The van der Waals surface area contributed by atoms with E-state index in [0.717, 1.165) is 6.42 Å². The fraction of sp³-hybridized carbons (Fsp3) is 1.00. The smallest absolute Gasteiger partial charge is 0.0950 e. The predicted molar refractivity (Wildman–Crippen MR) is 68.4 cm³/mol. The zero-order valence-electron chi connectivity index (χ0n) is 10.6. The van der Waals surface area contributed by atoms with E-state index in [9.17, 15) is 4.21 Å². The third kappa shape index (κ3) is 3.82. The van der Waals surface area contributed by atoms with Gasteiger partial charge < -0.3 is 5.11 Å². The summed E-state index contributed by atoms with van der Waals surface area (Å²) in [6.07, 6.45) is 3.50. The molecular weight excluding hydrogens is 222 g/mol. The van der Waals surface area contributed by atoms with Gasteiger partial charge in [0.1, 0.15) is 0 Å². The van der Waals surface area contributed by atoms with Gasteiger partial charge in [0.25, 0.3) is 0 Å². The van der Waals surface area contributed by atoms with E-state index in [-0.39, 0.29) is 11.9 Å². The third-order valence-electron chi connectivity index (χ3n) is 3.59. The zero-order valence-corrected chi connectivity index (χ0v) is 11.4. The molecule has 0 heterocycles. The second-order valence-electron chi connectivity index (χ2n) is 5.28. The van der Waals surface area contributed by atoms with Gasteiger partial charge in [0.15, 0.2) is 0 Å². The summed E-state index contributed by atoms with van der Waals surface area (Å²) in [6.45, 7) is 7.17. The number of nitrogens with one attached hydrogen (secondary N) is 1. The molecule has 4 heteroatoms. The van der Waals surface area contributed by atoms with Crippen molar-refractivity contribution in [2.45, 2.75) is 45.3 Å². The van der Waals surface area contributed by atoms with Gasteiger partial charge in [0.2, 0.25) is 0 Å². The molecule has 3 nitrogen and oxygen atoms in total. The first kappa shape index (κ1) is 14.1. The second-order valence-corrected chi connectivity index (χ2v) is 6.77. The van der Waals surface area contributed by atoms with Gasteiger partial charge in [-0.05, 0) is 30.6 Å². The summed E-state index contributed by atoms with van der Waals surface area (Å²) in [4.78, 5) is 0. The molecule has 1 aliphatic carbocycles. The SMILES string of the molecule is CC1CCC(C(C)C)C(S(=O)NCCO)C1. The van der Waals surface area contributed by atoms with Crippen molar-refractivity contribution in [3.63, 3.8) is 0 Å². The maximum atomic E-state index is 12.1. The molecule has 0 aromatic rings. The molecule has 4 unspecified atom stereocenters. The van der Waals surface area contributed by atoms with E-state index in [1.54, 1.807) is 0 Å². The van der Waals surface area contributed by atoms with E-state index in [2.05, 4.69) is 25.5 Å². The highest BCUT2D eigenvalue weighted by Crippen LogP contribution is 2.35. The Balaban J connectivity index is 2.59. The number of hydrogen-bond donors (Lipinski definition) is 2. The molecule has 96 valence electrons. The van der Waals surface area contributed by atoms with Crippen LogP contribution in [0.1, 0.15) is 40.0 Å². The van der Waals surface area contributed by atoms with Gasteiger partial charge >= 0.3 is 0 Å². The van der Waals surface area contributed by atoms with Gasteiger partial charge in [-0.25, -0.2) is 8.93 Å². The lowest BCUT2D eigenvalue weighted by Gasteiger charge is -2.36. The average molecular weight is 247 g/mol. The molecule has 0 saturated heterocycles. The molecule has 16 heavy (non-hydrogen) atoms. The Labute approximate surface area is 102 Å². The molecule has 0 radical (unpaired) electrons. The molecule has 4 atom stereocenters. The normalized spacial score (nSPS) is 32.9. The van der Waals surface area contributed by atoms with E-state index in [0.29, 0.717) is 24.3 Å². The molecule has 0 aromatic heterocycles. The maximum Gasteiger partial charge on any atom is 0.0950 e. The van der Waals surface area contributed by atoms with Gasteiger partial charge in [0.05, 0.1) is 22.8 Å². The standard InChI is InChI=1S/C12H25NO2S/c1-9(2)11-5-4-10(3)8-12(11)16(15)13-6-7-14/h9-14H,4-8H2,1-3H3. The van der Waals surface area contributed by atoms with Crippen molar-refractivity contribution in [1.29, 1.82) is 0 Å². The quantitative estimate of drug-likeness (QED) is 0.777. The van der Waals surface area contributed by atoms with Gasteiger partial charge in [-0.1, -0.05) is 27.2 Å². The van der Waals surface area contributed by atoms with E-state index in [1.807, 2.05) is 0 Å². The first-order valence-corrected chi connectivity index (χ1v) is 7.52. The summed E-state index contributed by atoms with van der Waals surface area (Å²) >= 11 is 0. The van der Waals surface area contributed by atoms with Crippen LogP contribution in [0.2, 0.25) is 0 Å². The highest BCUT2D eigenvalue weighted by molar-refractivity contribution is 7.83. The van der Waals surface area contributed by atoms with E-state index >= 15 is 0 Å². The molecule has 0 aromatic carbocycles. The lowest BCUT2D eigenvalue weighted by molar-refractivity contribution is 0.239. The number of rotatable bonds is 5. The molecule has 0 spiro atoms. The van der Waals surface area contributed by atoms with Crippen molar-refractivity contribution >= 4 is 11.0 Å². The van der Waals surface area contributed by atoms with Crippen LogP contribution in [0.15, 0.2) is 0 Å². The molecule has 1 fully saturated rings. The van der Waals surface area contributed by atoms with Crippen LogP contribution in [0, 0.1) is 17.8 Å². The third-order valence-corrected chi connectivity index (χ3v) is 5.17. The molecule has 1 rings (SSSR count). The van der Waals surface area contributed by atoms with Crippen molar-refractivity contribution in [3.05, 3.63) is 0 Å². The summed E-state index contributed by atoms with van der Waals surface area (Å²) in [6, 6.07) is 0. The Bertz CT molecular complexity index is 233. The van der Waals surface area contributed by atoms with Crippen LogP contribution in [0.3, 0.4) is 0 Å². The van der Waals surface area contributed by atoms with Gasteiger partial charge in [0, 0.05) is 6.54 Å². The predicted octanol–water partition coefficient (Wildman–Crippen LogP) is 1.69. The van der Waals surface area contributed by atoms with Crippen molar-refractivity contribution in [3.8, 4) is 0 Å². The highest BCUT2D eigenvalue weighted by Gasteiger charge is 2.34. The minimum absolute atomic E-state index is 0.0559. The fourth-order valence-corrected chi connectivity index (χ4v) is 4.39. The van der Waals surface area contributed by atoms with Crippen molar-refractivity contribution < 1.29 is 9.32 Å². The summed E-state index contributed by atoms with van der Waals surface area (Å²) in [5.41, 5.74) is 0. The van der Waals surface area contributed by atoms with Crippen molar-refractivity contribution in [2.75, 3.05) is 13.2 Å². The second kappa shape index (κ2) is 6.72. The Morgan fingerprint density at radius 1 is 1.44 bits per heavy atom. The van der Waals surface area contributed by atoms with E-state index in [4.69, 9.17) is 5.11 Å². The largest absolute Gasteiger partial charge is 0.395 e. The Morgan fingerprint density at radius 2 is 2.12 bits per heavy atom.